The zero-order chi connectivity index (χ0) is 30.1. The molecule has 3 amide bonds. The van der Waals surface area contributed by atoms with Crippen molar-refractivity contribution in [3.05, 3.63) is 47.7 Å². The highest BCUT2D eigenvalue weighted by Gasteiger charge is 2.25. The largest absolute Gasteiger partial charge is 0.495 e. The Morgan fingerprint density at radius 3 is 2.64 bits per heavy atom. The van der Waals surface area contributed by atoms with Crippen LogP contribution in [0.2, 0.25) is 0 Å². The number of pyridine rings is 1. The number of carboxylic acid groups (broad SMARTS) is 1. The first-order valence-corrected chi connectivity index (χ1v) is 14.5. The maximum absolute atomic E-state index is 13.1. The van der Waals surface area contributed by atoms with Crippen molar-refractivity contribution in [2.24, 2.45) is 11.0 Å². The number of amides is 3. The predicted octanol–water partition coefficient (Wildman–Crippen LogP) is 4.42. The Hall–Kier alpha value is -4.35. The van der Waals surface area contributed by atoms with Crippen LogP contribution in [0.15, 0.2) is 41.6 Å². The van der Waals surface area contributed by atoms with Gasteiger partial charge in [0, 0.05) is 12.7 Å². The number of carboxylic acids is 1. The monoisotopic (exact) mass is 579 g/mol. The zero-order valence-corrected chi connectivity index (χ0v) is 24.5. The molecule has 0 spiro atoms. The van der Waals surface area contributed by atoms with Crippen LogP contribution in [0.5, 0.6) is 5.75 Å². The molecule has 1 unspecified atom stereocenters. The predicted molar refractivity (Wildman–Crippen MR) is 160 cm³/mol. The van der Waals surface area contributed by atoms with Gasteiger partial charge in [-0.2, -0.15) is 5.10 Å². The van der Waals surface area contributed by atoms with Crippen LogP contribution >= 0.6 is 0 Å². The van der Waals surface area contributed by atoms with Crippen molar-refractivity contribution in [2.45, 2.75) is 70.9 Å². The average Bonchev–Trinajstić information content (AvgIpc) is 3.65. The number of hydrogen-bond donors (Lipinski definition) is 4. The maximum Gasteiger partial charge on any atom is 0.324 e. The number of rotatable bonds is 13. The molecule has 1 aromatic heterocycles. The summed E-state index contributed by atoms with van der Waals surface area (Å²) < 4.78 is 5.53. The van der Waals surface area contributed by atoms with Gasteiger partial charge in [0.15, 0.2) is 0 Å². The summed E-state index contributed by atoms with van der Waals surface area (Å²) in [6.45, 7) is 4.85. The molecule has 1 fully saturated rings. The molecule has 1 aliphatic carbocycles. The molecule has 2 aromatic rings. The Morgan fingerprint density at radius 1 is 1.14 bits per heavy atom. The number of nitrogens with one attached hydrogen (secondary N) is 3. The minimum Gasteiger partial charge on any atom is -0.495 e. The number of urea groups is 1. The van der Waals surface area contributed by atoms with E-state index in [2.05, 4.69) is 39.9 Å². The molecule has 226 valence electrons. The minimum absolute atomic E-state index is 0.00855. The topological polar surface area (TPSA) is 148 Å². The molecular weight excluding hydrogens is 538 g/mol. The first-order valence-electron chi connectivity index (χ1n) is 14.5. The van der Waals surface area contributed by atoms with E-state index in [0.717, 1.165) is 24.0 Å². The molecule has 4 rings (SSSR count). The number of hydrazone groups is 1. The van der Waals surface area contributed by atoms with Crippen LogP contribution in [-0.4, -0.2) is 70.7 Å². The molecule has 0 bridgehead atoms. The van der Waals surface area contributed by atoms with Crippen LogP contribution in [-0.2, 0) is 16.0 Å². The van der Waals surface area contributed by atoms with E-state index in [4.69, 9.17) is 9.84 Å². The molecule has 1 aromatic carbocycles. The number of carbonyl (C=O) groups excluding carboxylic acids is 2. The second kappa shape index (κ2) is 14.5. The van der Waals surface area contributed by atoms with E-state index in [1.807, 2.05) is 17.0 Å². The van der Waals surface area contributed by atoms with Crippen LogP contribution < -0.4 is 20.7 Å². The second-order valence-corrected chi connectivity index (χ2v) is 11.2. The number of aromatic nitrogens is 1. The summed E-state index contributed by atoms with van der Waals surface area (Å²) in [7, 11) is 1.51. The van der Waals surface area contributed by atoms with E-state index in [9.17, 15) is 14.4 Å². The van der Waals surface area contributed by atoms with Gasteiger partial charge >= 0.3 is 12.0 Å². The average molecular weight is 580 g/mol. The molecule has 12 heteroatoms. The molecule has 1 atom stereocenters. The lowest BCUT2D eigenvalue weighted by atomic mass is 9.98. The normalized spacial score (nSPS) is 15.6. The SMILES string of the molecule is COc1cc(CC(=O)NC(CC(C)C)N2C=NN(CCC(=O)O)C2)ccc1NC(=O)Nc1ncccc1C1CCCC1. The molecular formula is C30H41N7O5. The smallest absolute Gasteiger partial charge is 0.324 e. The second-order valence-electron chi connectivity index (χ2n) is 11.2. The maximum atomic E-state index is 13.1. The quantitative estimate of drug-likeness (QED) is 0.273. The number of methoxy groups -OCH3 is 1. The summed E-state index contributed by atoms with van der Waals surface area (Å²) in [6.07, 6.45) is 8.40. The number of benzene rings is 1. The standard InChI is InChI=1S/C30H41N7O5/c1-20(2)15-26(36-18-32-37(19-36)14-12-28(39)40)34-27(38)17-21-10-11-24(25(16-21)42-3)33-30(41)35-29-23(9-6-13-31-29)22-7-4-5-8-22/h6,9-11,13,16,18,20,22,26H,4-5,7-8,12,14-15,17,19H2,1-3H3,(H,34,38)(H,39,40)(H2,31,33,35,41). The lowest BCUT2D eigenvalue weighted by Crippen LogP contribution is -2.49. The van der Waals surface area contributed by atoms with Crippen LogP contribution in [0.4, 0.5) is 16.3 Å². The van der Waals surface area contributed by atoms with E-state index in [1.54, 1.807) is 35.7 Å². The van der Waals surface area contributed by atoms with E-state index in [1.165, 1.54) is 20.0 Å². The number of ether oxygens (including phenoxy) is 1. The van der Waals surface area contributed by atoms with Gasteiger partial charge in [0.1, 0.15) is 30.7 Å². The van der Waals surface area contributed by atoms with Crippen molar-refractivity contribution < 1.29 is 24.2 Å². The number of anilines is 2. The van der Waals surface area contributed by atoms with Gasteiger partial charge < -0.3 is 25.4 Å². The molecule has 2 heterocycles. The van der Waals surface area contributed by atoms with Crippen LogP contribution in [0.3, 0.4) is 0 Å². The summed E-state index contributed by atoms with van der Waals surface area (Å²) in [5.74, 6) is 0.671. The van der Waals surface area contributed by atoms with E-state index in [0.29, 0.717) is 48.7 Å². The molecule has 4 N–H and O–H groups in total. The molecule has 1 aliphatic heterocycles. The molecule has 1 saturated carbocycles. The summed E-state index contributed by atoms with van der Waals surface area (Å²) in [6, 6.07) is 8.74. The van der Waals surface area contributed by atoms with Crippen molar-refractivity contribution in [3.63, 3.8) is 0 Å². The Morgan fingerprint density at radius 2 is 1.93 bits per heavy atom. The Labute approximate surface area is 246 Å². The molecule has 0 radical (unpaired) electrons. The van der Waals surface area contributed by atoms with Gasteiger partial charge in [-0.15, -0.1) is 0 Å². The van der Waals surface area contributed by atoms with E-state index < -0.39 is 12.0 Å². The molecule has 0 saturated heterocycles. The fraction of sp³-hybridized carbons (Fsp3) is 0.500. The van der Waals surface area contributed by atoms with Crippen molar-refractivity contribution >= 4 is 35.8 Å². The van der Waals surface area contributed by atoms with E-state index >= 15 is 0 Å². The molecule has 42 heavy (non-hydrogen) atoms. The molecule has 12 nitrogen and oxygen atoms in total. The first-order chi connectivity index (χ1) is 20.2. The van der Waals surface area contributed by atoms with Gasteiger partial charge in [-0.05, 0) is 60.4 Å². The minimum atomic E-state index is -0.880. The number of aliphatic carboxylic acids is 1. The van der Waals surface area contributed by atoms with Crippen molar-refractivity contribution in [1.29, 1.82) is 0 Å². The highest BCUT2D eigenvalue weighted by Crippen LogP contribution is 2.37. The van der Waals surface area contributed by atoms with Crippen molar-refractivity contribution in [2.75, 3.05) is 31.0 Å². The lowest BCUT2D eigenvalue weighted by molar-refractivity contribution is -0.137. The van der Waals surface area contributed by atoms with Gasteiger partial charge in [-0.25, -0.2) is 9.78 Å². The van der Waals surface area contributed by atoms with Gasteiger partial charge in [0.25, 0.3) is 0 Å². The Kier molecular flexibility index (Phi) is 10.6. The van der Waals surface area contributed by atoms with Crippen LogP contribution in [0.1, 0.15) is 69.4 Å². The summed E-state index contributed by atoms with van der Waals surface area (Å²) in [5, 5.41) is 23.7. The van der Waals surface area contributed by atoms with Gasteiger partial charge in [0.2, 0.25) is 5.91 Å². The third-order valence-electron chi connectivity index (χ3n) is 7.44. The highest BCUT2D eigenvalue weighted by molar-refractivity contribution is 6.00. The van der Waals surface area contributed by atoms with Crippen LogP contribution in [0.25, 0.3) is 0 Å². The molecule has 2 aliphatic rings. The summed E-state index contributed by atoms with van der Waals surface area (Å²) >= 11 is 0. The fourth-order valence-electron chi connectivity index (χ4n) is 5.38. The fourth-order valence-corrected chi connectivity index (χ4v) is 5.38. The number of hydrogen-bond acceptors (Lipinski definition) is 8. The van der Waals surface area contributed by atoms with Crippen LogP contribution in [0, 0.1) is 5.92 Å². The van der Waals surface area contributed by atoms with E-state index in [-0.39, 0.29) is 24.9 Å². The highest BCUT2D eigenvalue weighted by atomic mass is 16.5. The third-order valence-corrected chi connectivity index (χ3v) is 7.44. The summed E-state index contributed by atoms with van der Waals surface area (Å²) in [5.41, 5.74) is 2.26. The summed E-state index contributed by atoms with van der Waals surface area (Å²) in [4.78, 5) is 43.2. The van der Waals surface area contributed by atoms with Gasteiger partial charge in [-0.1, -0.05) is 38.8 Å². The number of nitrogens with zero attached hydrogens (tertiary/aromatic N) is 4. The lowest BCUT2D eigenvalue weighted by Gasteiger charge is -2.30. The van der Waals surface area contributed by atoms with Crippen molar-refractivity contribution in [1.82, 2.24) is 20.2 Å². The first kappa shape index (κ1) is 30.6. The zero-order valence-electron chi connectivity index (χ0n) is 24.5. The third kappa shape index (κ3) is 8.58. The number of carbonyl (C=O) groups is 3. The Balaban J connectivity index is 1.35. The van der Waals surface area contributed by atoms with Gasteiger partial charge in [-0.3, -0.25) is 19.9 Å². The Bertz CT molecular complexity index is 1280. The van der Waals surface area contributed by atoms with Gasteiger partial charge in [0.05, 0.1) is 25.6 Å². The van der Waals surface area contributed by atoms with Crippen molar-refractivity contribution in [3.8, 4) is 5.75 Å².